The molecule has 170 valence electrons. The number of para-hydroxylation sites is 2. The van der Waals surface area contributed by atoms with Gasteiger partial charge in [-0.25, -0.2) is 4.99 Å². The highest BCUT2D eigenvalue weighted by Crippen LogP contribution is 2.48. The molecule has 0 fully saturated rings. The first-order chi connectivity index (χ1) is 16.5. The number of ketones is 1. The predicted octanol–water partition coefficient (Wildman–Crippen LogP) is 6.97. The Hall–Kier alpha value is -3.18. The fraction of sp³-hybridized carbons (Fsp3) is 0.154. The summed E-state index contributed by atoms with van der Waals surface area (Å²) in [7, 11) is 0. The fourth-order valence-electron chi connectivity index (χ4n) is 3.88. The second-order valence-corrected chi connectivity index (χ2v) is 10.1. The summed E-state index contributed by atoms with van der Waals surface area (Å²) in [6.45, 7) is 1.48. The smallest absolute Gasteiger partial charge is 0.235 e. The second kappa shape index (κ2) is 10.8. The number of hydrogen-bond acceptors (Lipinski definition) is 6. The molecule has 2 unspecified atom stereocenters. The number of amides is 1. The molecule has 1 aliphatic rings. The number of carbonyl (C=O) groups is 2. The largest absolute Gasteiger partial charge is 0.324 e. The number of aliphatic imine (C=N–C) groups is 1. The van der Waals surface area contributed by atoms with Crippen molar-refractivity contribution in [1.82, 2.24) is 0 Å². The number of carbonyl (C=O) groups excluding carboxylic acids is 2. The van der Waals surface area contributed by atoms with Crippen LogP contribution in [0, 0.1) is 17.2 Å². The molecular formula is C26H20ClN3O2S2. The van der Waals surface area contributed by atoms with Crippen molar-refractivity contribution in [2.75, 3.05) is 5.32 Å². The van der Waals surface area contributed by atoms with Crippen LogP contribution in [0.3, 0.4) is 0 Å². The number of rotatable bonds is 6. The lowest BCUT2D eigenvalue weighted by Crippen LogP contribution is -2.38. The van der Waals surface area contributed by atoms with Gasteiger partial charge in [0.1, 0.15) is 0 Å². The maximum absolute atomic E-state index is 13.8. The van der Waals surface area contributed by atoms with Crippen LogP contribution in [0.5, 0.6) is 0 Å². The lowest BCUT2D eigenvalue weighted by atomic mass is 9.81. The van der Waals surface area contributed by atoms with Gasteiger partial charge in [-0.1, -0.05) is 59.8 Å². The van der Waals surface area contributed by atoms with Gasteiger partial charge in [-0.3, -0.25) is 9.59 Å². The van der Waals surface area contributed by atoms with Gasteiger partial charge < -0.3 is 5.32 Å². The number of nitriles is 1. The lowest BCUT2D eigenvalue weighted by Gasteiger charge is -2.33. The molecule has 1 aromatic heterocycles. The number of thioether (sulfide) groups is 1. The van der Waals surface area contributed by atoms with Crippen LogP contribution in [0.25, 0.3) is 0 Å². The van der Waals surface area contributed by atoms with Gasteiger partial charge in [-0.15, -0.1) is 11.3 Å². The van der Waals surface area contributed by atoms with E-state index in [4.69, 9.17) is 16.6 Å². The van der Waals surface area contributed by atoms with E-state index in [0.717, 1.165) is 4.88 Å². The van der Waals surface area contributed by atoms with E-state index < -0.39 is 11.8 Å². The van der Waals surface area contributed by atoms with Gasteiger partial charge in [0.15, 0.2) is 5.78 Å². The summed E-state index contributed by atoms with van der Waals surface area (Å²) in [5.74, 6) is -1.82. The van der Waals surface area contributed by atoms with Crippen LogP contribution >= 0.6 is 34.7 Å². The number of anilines is 1. The Balaban J connectivity index is 1.90. The third kappa shape index (κ3) is 5.15. The number of allylic oxidation sites excluding steroid dienone is 2. The zero-order valence-electron chi connectivity index (χ0n) is 18.2. The van der Waals surface area contributed by atoms with Crippen molar-refractivity contribution >= 4 is 62.8 Å². The minimum Gasteiger partial charge on any atom is -0.324 e. The maximum atomic E-state index is 13.8. The monoisotopic (exact) mass is 505 g/mol. The molecule has 2 atom stereocenters. The Kier molecular flexibility index (Phi) is 7.63. The third-order valence-corrected chi connectivity index (χ3v) is 7.77. The number of Topliss-reactive ketones (excluding diaryl/α,β-unsaturated/α-hetero) is 1. The molecular weight excluding hydrogens is 486 g/mol. The molecule has 2 aromatic carbocycles. The van der Waals surface area contributed by atoms with Gasteiger partial charge in [-0.05, 0) is 42.6 Å². The lowest BCUT2D eigenvalue weighted by molar-refractivity contribution is -0.118. The molecule has 0 bridgehead atoms. The molecule has 1 aliphatic heterocycles. The van der Waals surface area contributed by atoms with E-state index >= 15 is 0 Å². The number of halogens is 1. The van der Waals surface area contributed by atoms with E-state index in [0.29, 0.717) is 31.9 Å². The second-order valence-electron chi connectivity index (χ2n) is 7.56. The summed E-state index contributed by atoms with van der Waals surface area (Å²) in [5.41, 5.74) is 1.66. The van der Waals surface area contributed by atoms with Crippen molar-refractivity contribution in [3.8, 4) is 6.07 Å². The Morgan fingerprint density at radius 3 is 2.47 bits per heavy atom. The first-order valence-corrected chi connectivity index (χ1v) is 12.6. The third-order valence-electron chi connectivity index (χ3n) is 5.32. The van der Waals surface area contributed by atoms with Gasteiger partial charge in [0, 0.05) is 21.3 Å². The standard InChI is InChI=1S/C26H20ClN3O2S2/c1-16(31)22-21(13-14-28)34-26(29-17-8-3-2-4-9-17)24(23(22)20-12-7-15-33-20)25(32)30-19-11-6-5-10-18(19)27/h2-12,15,23-24H,13H2,1H3,(H,30,32). The number of hydrogen-bond donors (Lipinski definition) is 1. The normalized spacial score (nSPS) is 19.0. The zero-order valence-corrected chi connectivity index (χ0v) is 20.6. The molecule has 1 N–H and O–H groups in total. The minimum atomic E-state index is -0.776. The van der Waals surface area contributed by atoms with Gasteiger partial charge in [0.25, 0.3) is 0 Å². The first kappa shape index (κ1) is 24.0. The SMILES string of the molecule is CC(=O)C1=C(CC#N)SC(=Nc2ccccc2)C(C(=O)Nc2ccccc2Cl)C1c1cccs1. The average molecular weight is 506 g/mol. The summed E-state index contributed by atoms with van der Waals surface area (Å²) in [6.07, 6.45) is 0.0636. The van der Waals surface area contributed by atoms with Crippen LogP contribution in [-0.4, -0.2) is 16.7 Å². The number of nitrogens with zero attached hydrogens (tertiary/aromatic N) is 2. The van der Waals surface area contributed by atoms with E-state index in [1.807, 2.05) is 47.8 Å². The molecule has 0 saturated carbocycles. The van der Waals surface area contributed by atoms with E-state index in [1.54, 1.807) is 24.3 Å². The van der Waals surface area contributed by atoms with Crippen LogP contribution < -0.4 is 5.32 Å². The number of nitrogens with one attached hydrogen (secondary N) is 1. The van der Waals surface area contributed by atoms with Gasteiger partial charge in [0.05, 0.1) is 39.8 Å². The minimum absolute atomic E-state index is 0.0636. The number of thiophene rings is 1. The molecule has 3 aromatic rings. The molecule has 2 heterocycles. The van der Waals surface area contributed by atoms with E-state index in [2.05, 4.69) is 11.4 Å². The van der Waals surface area contributed by atoms with Crippen molar-refractivity contribution in [2.24, 2.45) is 10.9 Å². The van der Waals surface area contributed by atoms with Gasteiger partial charge in [0.2, 0.25) is 5.91 Å². The van der Waals surface area contributed by atoms with Crippen molar-refractivity contribution in [3.63, 3.8) is 0 Å². The predicted molar refractivity (Wildman–Crippen MR) is 140 cm³/mol. The molecule has 0 saturated heterocycles. The van der Waals surface area contributed by atoms with Crippen molar-refractivity contribution in [3.05, 3.63) is 92.5 Å². The molecule has 1 amide bonds. The molecule has 5 nitrogen and oxygen atoms in total. The van der Waals surface area contributed by atoms with Crippen LogP contribution in [0.4, 0.5) is 11.4 Å². The zero-order chi connectivity index (χ0) is 24.1. The van der Waals surface area contributed by atoms with Crippen LogP contribution in [-0.2, 0) is 9.59 Å². The molecule has 8 heteroatoms. The quantitative estimate of drug-likeness (QED) is 0.392. The van der Waals surface area contributed by atoms with E-state index in [1.165, 1.54) is 30.0 Å². The highest BCUT2D eigenvalue weighted by Gasteiger charge is 2.44. The average Bonchev–Trinajstić information content (AvgIpc) is 3.35. The summed E-state index contributed by atoms with van der Waals surface area (Å²) >= 11 is 9.01. The molecule has 0 spiro atoms. The Morgan fingerprint density at radius 2 is 1.82 bits per heavy atom. The Labute approximate surface area is 211 Å². The first-order valence-electron chi connectivity index (χ1n) is 10.5. The van der Waals surface area contributed by atoms with E-state index in [9.17, 15) is 14.9 Å². The molecule has 4 rings (SSSR count). The van der Waals surface area contributed by atoms with Crippen molar-refractivity contribution in [1.29, 1.82) is 5.26 Å². The Morgan fingerprint density at radius 1 is 1.09 bits per heavy atom. The van der Waals surface area contributed by atoms with Gasteiger partial charge in [-0.2, -0.15) is 5.26 Å². The summed E-state index contributed by atoms with van der Waals surface area (Å²) < 4.78 is 0. The highest BCUT2D eigenvalue weighted by atomic mass is 35.5. The van der Waals surface area contributed by atoms with Crippen molar-refractivity contribution in [2.45, 2.75) is 19.3 Å². The highest BCUT2D eigenvalue weighted by molar-refractivity contribution is 8.17. The van der Waals surface area contributed by atoms with Crippen LogP contribution in [0.15, 0.2) is 87.6 Å². The molecule has 0 aliphatic carbocycles. The van der Waals surface area contributed by atoms with Crippen LogP contribution in [0.1, 0.15) is 24.1 Å². The van der Waals surface area contributed by atoms with Crippen molar-refractivity contribution < 1.29 is 9.59 Å². The van der Waals surface area contributed by atoms with E-state index in [-0.39, 0.29) is 18.1 Å². The molecule has 0 radical (unpaired) electrons. The fourth-order valence-corrected chi connectivity index (χ4v) is 6.23. The Bertz CT molecular complexity index is 1310. The summed E-state index contributed by atoms with van der Waals surface area (Å²) in [6, 6.07) is 22.3. The van der Waals surface area contributed by atoms with Gasteiger partial charge >= 0.3 is 0 Å². The van der Waals surface area contributed by atoms with Crippen LogP contribution in [0.2, 0.25) is 5.02 Å². The maximum Gasteiger partial charge on any atom is 0.235 e. The summed E-state index contributed by atoms with van der Waals surface area (Å²) in [4.78, 5) is 33.0. The topological polar surface area (TPSA) is 82.3 Å². The molecule has 34 heavy (non-hydrogen) atoms. The summed E-state index contributed by atoms with van der Waals surface area (Å²) in [5, 5.41) is 15.3. The number of benzene rings is 2.